The molecule has 0 fully saturated rings. The fraction of sp³-hybridized carbons (Fsp3) is 0.190. The van der Waals surface area contributed by atoms with Gasteiger partial charge in [0.15, 0.2) is 0 Å². The summed E-state index contributed by atoms with van der Waals surface area (Å²) in [4.78, 5) is 28.8. The number of nitrogens with one attached hydrogen (secondary N) is 2. The molecule has 7 heteroatoms. The fourth-order valence-electron chi connectivity index (χ4n) is 2.60. The van der Waals surface area contributed by atoms with Crippen LogP contribution in [0, 0.1) is 0 Å². The highest BCUT2D eigenvalue weighted by Crippen LogP contribution is 2.25. The highest BCUT2D eigenvalue weighted by Gasteiger charge is 2.12. The summed E-state index contributed by atoms with van der Waals surface area (Å²) in [6.45, 7) is 2.76. The zero-order valence-electron chi connectivity index (χ0n) is 15.7. The molecule has 0 radical (unpaired) electrons. The zero-order chi connectivity index (χ0) is 19.9. The molecule has 0 bridgehead atoms. The number of aromatic nitrogens is 1. The van der Waals surface area contributed by atoms with Gasteiger partial charge in [-0.15, -0.1) is 11.3 Å². The number of carbonyl (C=O) groups is 2. The number of nitrogens with zero attached hydrogens (tertiary/aromatic N) is 1. The standard InChI is InChI=1S/C21H21N3O3S/c1-3-22-19(25)16-6-4-5-14(11-16)12-23-20(26)18-13-28-21(24-18)15-7-9-17(27-2)10-8-15/h4-11,13H,3,12H2,1-2H3,(H,22,25)(H,23,26). The Hall–Kier alpha value is -3.19. The molecule has 2 aromatic carbocycles. The van der Waals surface area contributed by atoms with Gasteiger partial charge in [-0.05, 0) is 48.9 Å². The van der Waals surface area contributed by atoms with E-state index in [1.807, 2.05) is 37.3 Å². The Morgan fingerprint density at radius 3 is 2.57 bits per heavy atom. The minimum atomic E-state index is -0.251. The number of hydrogen-bond donors (Lipinski definition) is 2. The van der Waals surface area contributed by atoms with Crippen LogP contribution in [0.15, 0.2) is 53.9 Å². The molecule has 2 N–H and O–H groups in total. The molecule has 0 unspecified atom stereocenters. The Kier molecular flexibility index (Phi) is 6.39. The van der Waals surface area contributed by atoms with Crippen molar-refractivity contribution in [3.63, 3.8) is 0 Å². The zero-order valence-corrected chi connectivity index (χ0v) is 16.5. The highest BCUT2D eigenvalue weighted by atomic mass is 32.1. The van der Waals surface area contributed by atoms with E-state index in [-0.39, 0.29) is 11.8 Å². The predicted octanol–water partition coefficient (Wildman–Crippen LogP) is 3.50. The molecule has 1 aromatic heterocycles. The second-order valence-corrected chi connectivity index (χ2v) is 6.87. The van der Waals surface area contributed by atoms with Crippen molar-refractivity contribution in [2.45, 2.75) is 13.5 Å². The van der Waals surface area contributed by atoms with Crippen LogP contribution < -0.4 is 15.4 Å². The van der Waals surface area contributed by atoms with E-state index in [1.54, 1.807) is 30.7 Å². The molecule has 3 rings (SSSR count). The van der Waals surface area contributed by atoms with Gasteiger partial charge in [0.2, 0.25) is 0 Å². The average molecular weight is 395 g/mol. The smallest absolute Gasteiger partial charge is 0.271 e. The maximum atomic E-state index is 12.4. The summed E-state index contributed by atoms with van der Waals surface area (Å²) in [6, 6.07) is 14.7. The van der Waals surface area contributed by atoms with Gasteiger partial charge in [-0.25, -0.2) is 4.98 Å². The summed E-state index contributed by atoms with van der Waals surface area (Å²) < 4.78 is 5.15. The SMILES string of the molecule is CCNC(=O)c1cccc(CNC(=O)c2csc(-c3ccc(OC)cc3)n2)c1. The molecule has 0 aliphatic carbocycles. The van der Waals surface area contributed by atoms with Crippen LogP contribution in [0.25, 0.3) is 10.6 Å². The van der Waals surface area contributed by atoms with Crippen LogP contribution in [0.1, 0.15) is 33.3 Å². The van der Waals surface area contributed by atoms with E-state index in [0.717, 1.165) is 21.9 Å². The molecular formula is C21H21N3O3S. The monoisotopic (exact) mass is 395 g/mol. The Bertz CT molecular complexity index is 967. The third kappa shape index (κ3) is 4.75. The lowest BCUT2D eigenvalue weighted by molar-refractivity contribution is 0.0944. The van der Waals surface area contributed by atoms with E-state index in [9.17, 15) is 9.59 Å². The minimum absolute atomic E-state index is 0.126. The van der Waals surface area contributed by atoms with Crippen LogP contribution >= 0.6 is 11.3 Å². The van der Waals surface area contributed by atoms with Crippen molar-refractivity contribution in [1.82, 2.24) is 15.6 Å². The van der Waals surface area contributed by atoms with Gasteiger partial charge in [0.25, 0.3) is 11.8 Å². The number of ether oxygens (including phenoxy) is 1. The molecule has 28 heavy (non-hydrogen) atoms. The highest BCUT2D eigenvalue weighted by molar-refractivity contribution is 7.13. The van der Waals surface area contributed by atoms with Crippen molar-refractivity contribution >= 4 is 23.2 Å². The lowest BCUT2D eigenvalue weighted by Gasteiger charge is -2.06. The Labute approximate surface area is 167 Å². The summed E-state index contributed by atoms with van der Waals surface area (Å²) in [7, 11) is 1.62. The van der Waals surface area contributed by atoms with Gasteiger partial charge in [-0.2, -0.15) is 0 Å². The van der Waals surface area contributed by atoms with Crippen molar-refractivity contribution < 1.29 is 14.3 Å². The summed E-state index contributed by atoms with van der Waals surface area (Å²) in [5.41, 5.74) is 2.72. The Morgan fingerprint density at radius 2 is 1.86 bits per heavy atom. The Morgan fingerprint density at radius 1 is 1.07 bits per heavy atom. The molecule has 0 spiro atoms. The van der Waals surface area contributed by atoms with Crippen molar-refractivity contribution in [2.24, 2.45) is 0 Å². The second kappa shape index (κ2) is 9.14. The third-order valence-corrected chi connectivity index (χ3v) is 4.94. The van der Waals surface area contributed by atoms with Crippen molar-refractivity contribution in [1.29, 1.82) is 0 Å². The number of methoxy groups -OCH3 is 1. The number of amides is 2. The first-order chi connectivity index (χ1) is 13.6. The van der Waals surface area contributed by atoms with Gasteiger partial charge in [-0.3, -0.25) is 9.59 Å². The maximum Gasteiger partial charge on any atom is 0.271 e. The normalized spacial score (nSPS) is 10.4. The average Bonchev–Trinajstić information content (AvgIpc) is 3.23. The third-order valence-electron chi connectivity index (χ3n) is 4.05. The number of rotatable bonds is 7. The van der Waals surface area contributed by atoms with Crippen LogP contribution in [-0.2, 0) is 6.54 Å². The first kappa shape index (κ1) is 19.6. The van der Waals surface area contributed by atoms with Crippen molar-refractivity contribution in [3.05, 3.63) is 70.7 Å². The van der Waals surface area contributed by atoms with Crippen LogP contribution in [0.5, 0.6) is 5.75 Å². The predicted molar refractivity (Wildman–Crippen MR) is 110 cm³/mol. The van der Waals surface area contributed by atoms with Gasteiger partial charge in [-0.1, -0.05) is 12.1 Å². The molecule has 144 valence electrons. The van der Waals surface area contributed by atoms with Crippen LogP contribution in [-0.4, -0.2) is 30.5 Å². The molecule has 0 saturated heterocycles. The van der Waals surface area contributed by atoms with Gasteiger partial charge in [0.1, 0.15) is 16.5 Å². The lowest BCUT2D eigenvalue weighted by atomic mass is 10.1. The van der Waals surface area contributed by atoms with E-state index >= 15 is 0 Å². The molecule has 0 saturated carbocycles. The molecule has 1 heterocycles. The fourth-order valence-corrected chi connectivity index (χ4v) is 3.41. The van der Waals surface area contributed by atoms with E-state index in [4.69, 9.17) is 4.74 Å². The van der Waals surface area contributed by atoms with Crippen LogP contribution in [0.2, 0.25) is 0 Å². The minimum Gasteiger partial charge on any atom is -0.497 e. The van der Waals surface area contributed by atoms with Crippen molar-refractivity contribution in [3.8, 4) is 16.3 Å². The van der Waals surface area contributed by atoms with Gasteiger partial charge in [0.05, 0.1) is 7.11 Å². The van der Waals surface area contributed by atoms with E-state index < -0.39 is 0 Å². The number of benzene rings is 2. The second-order valence-electron chi connectivity index (χ2n) is 6.01. The van der Waals surface area contributed by atoms with Gasteiger partial charge < -0.3 is 15.4 Å². The quantitative estimate of drug-likeness (QED) is 0.642. The molecule has 3 aromatic rings. The summed E-state index contributed by atoms with van der Waals surface area (Å²) >= 11 is 1.41. The van der Waals surface area contributed by atoms with Gasteiger partial charge >= 0.3 is 0 Å². The summed E-state index contributed by atoms with van der Waals surface area (Å²) in [6.07, 6.45) is 0. The number of hydrogen-bond acceptors (Lipinski definition) is 5. The maximum absolute atomic E-state index is 12.4. The number of thiazole rings is 1. The largest absolute Gasteiger partial charge is 0.497 e. The molecule has 2 amide bonds. The van der Waals surface area contributed by atoms with E-state index in [2.05, 4.69) is 15.6 Å². The topological polar surface area (TPSA) is 80.3 Å². The number of carbonyl (C=O) groups excluding carboxylic acids is 2. The molecule has 0 atom stereocenters. The molecule has 6 nitrogen and oxygen atoms in total. The van der Waals surface area contributed by atoms with Crippen LogP contribution in [0.4, 0.5) is 0 Å². The summed E-state index contributed by atoms with van der Waals surface area (Å²) in [5.74, 6) is 0.395. The first-order valence-electron chi connectivity index (χ1n) is 8.86. The van der Waals surface area contributed by atoms with Crippen molar-refractivity contribution in [2.75, 3.05) is 13.7 Å². The molecule has 0 aliphatic rings. The molecule has 0 aliphatic heterocycles. The van der Waals surface area contributed by atoms with E-state index in [0.29, 0.717) is 24.3 Å². The lowest BCUT2D eigenvalue weighted by Crippen LogP contribution is -2.24. The van der Waals surface area contributed by atoms with Gasteiger partial charge in [0, 0.05) is 29.6 Å². The van der Waals surface area contributed by atoms with E-state index in [1.165, 1.54) is 11.3 Å². The Balaban J connectivity index is 1.63. The molecular weight excluding hydrogens is 374 g/mol. The summed E-state index contributed by atoms with van der Waals surface area (Å²) in [5, 5.41) is 8.12. The first-order valence-corrected chi connectivity index (χ1v) is 9.74. The van der Waals surface area contributed by atoms with Crippen LogP contribution in [0.3, 0.4) is 0 Å².